The second-order valence-electron chi connectivity index (χ2n) is 8.59. The largest absolute Gasteiger partial charge is 0.504 e. The predicted molar refractivity (Wildman–Crippen MR) is 135 cm³/mol. The minimum atomic E-state index is -0.841. The van der Waals surface area contributed by atoms with Gasteiger partial charge in [-0.1, -0.05) is 36.4 Å². The first kappa shape index (κ1) is 26.8. The van der Waals surface area contributed by atoms with Gasteiger partial charge in [-0.2, -0.15) is 0 Å². The lowest BCUT2D eigenvalue weighted by Crippen LogP contribution is -2.15. The van der Waals surface area contributed by atoms with Crippen LogP contribution in [-0.4, -0.2) is 45.7 Å². The molecular formula is C28H33NO7. The van der Waals surface area contributed by atoms with Gasteiger partial charge in [-0.25, -0.2) is 0 Å². The second kappa shape index (κ2) is 13.4. The smallest absolute Gasteiger partial charge is 0.200 e. The van der Waals surface area contributed by atoms with Crippen LogP contribution in [0.5, 0.6) is 28.7 Å². The summed E-state index contributed by atoms with van der Waals surface area (Å²) in [5.74, 6) is -0.274. The SMILES string of the molecule is NCOc1cc(CCC(=O)C[C@H](O)CCc2cc(O)c(O)c(OCCc3ccccc3)c2)ccc1O. The summed E-state index contributed by atoms with van der Waals surface area (Å²) in [6.45, 7) is 0.265. The molecule has 0 fully saturated rings. The van der Waals surface area contributed by atoms with Crippen molar-refractivity contribution in [3.63, 3.8) is 0 Å². The van der Waals surface area contributed by atoms with Crippen molar-refractivity contribution in [3.8, 4) is 28.7 Å². The fourth-order valence-electron chi connectivity index (χ4n) is 3.83. The average molecular weight is 496 g/mol. The highest BCUT2D eigenvalue weighted by Crippen LogP contribution is 2.37. The van der Waals surface area contributed by atoms with Crippen LogP contribution in [0, 0.1) is 0 Å². The van der Waals surface area contributed by atoms with Gasteiger partial charge in [0.25, 0.3) is 0 Å². The molecule has 0 saturated heterocycles. The number of nitrogens with two attached hydrogens (primary N) is 1. The van der Waals surface area contributed by atoms with Crippen LogP contribution in [0.4, 0.5) is 0 Å². The van der Waals surface area contributed by atoms with Crippen LogP contribution in [0.25, 0.3) is 0 Å². The summed E-state index contributed by atoms with van der Waals surface area (Å²) < 4.78 is 10.8. The number of phenolic OH excluding ortho intramolecular Hbond substituents is 3. The van der Waals surface area contributed by atoms with Gasteiger partial charge in [0, 0.05) is 19.3 Å². The van der Waals surface area contributed by atoms with E-state index in [1.54, 1.807) is 18.2 Å². The van der Waals surface area contributed by atoms with Gasteiger partial charge in [-0.05, 0) is 60.2 Å². The van der Waals surface area contributed by atoms with E-state index in [1.165, 1.54) is 12.1 Å². The Morgan fingerprint density at radius 2 is 1.56 bits per heavy atom. The highest BCUT2D eigenvalue weighted by Gasteiger charge is 2.15. The summed E-state index contributed by atoms with van der Waals surface area (Å²) >= 11 is 0. The molecule has 0 amide bonds. The summed E-state index contributed by atoms with van der Waals surface area (Å²) in [7, 11) is 0. The number of ether oxygens (including phenoxy) is 2. The zero-order valence-corrected chi connectivity index (χ0v) is 20.1. The van der Waals surface area contributed by atoms with E-state index < -0.39 is 6.10 Å². The van der Waals surface area contributed by atoms with Crippen molar-refractivity contribution < 1.29 is 34.7 Å². The lowest BCUT2D eigenvalue weighted by molar-refractivity contribution is -0.121. The molecule has 8 heteroatoms. The number of aryl methyl sites for hydroxylation is 2. The van der Waals surface area contributed by atoms with Crippen molar-refractivity contribution >= 4 is 5.78 Å². The Bertz CT molecular complexity index is 1130. The minimum absolute atomic E-state index is 0.00867. The molecule has 192 valence electrons. The van der Waals surface area contributed by atoms with Crippen LogP contribution in [0.2, 0.25) is 0 Å². The molecule has 0 heterocycles. The molecule has 0 saturated carbocycles. The highest BCUT2D eigenvalue weighted by molar-refractivity contribution is 5.79. The number of aliphatic hydroxyl groups is 1. The fraction of sp³-hybridized carbons (Fsp3) is 0.321. The first-order valence-corrected chi connectivity index (χ1v) is 11.9. The molecule has 3 aromatic rings. The third-order valence-electron chi connectivity index (χ3n) is 5.79. The van der Waals surface area contributed by atoms with Gasteiger partial charge in [0.15, 0.2) is 23.0 Å². The molecule has 6 N–H and O–H groups in total. The first-order valence-electron chi connectivity index (χ1n) is 11.9. The number of ketones is 1. The third-order valence-corrected chi connectivity index (χ3v) is 5.79. The Kier molecular flexibility index (Phi) is 9.97. The van der Waals surface area contributed by atoms with Crippen LogP contribution < -0.4 is 15.2 Å². The monoisotopic (exact) mass is 495 g/mol. The quantitative estimate of drug-likeness (QED) is 0.169. The van der Waals surface area contributed by atoms with E-state index in [9.17, 15) is 25.2 Å². The van der Waals surface area contributed by atoms with Crippen molar-refractivity contribution in [3.05, 3.63) is 77.4 Å². The normalized spacial score (nSPS) is 11.7. The van der Waals surface area contributed by atoms with E-state index in [-0.39, 0.29) is 54.1 Å². The Labute approximate surface area is 210 Å². The van der Waals surface area contributed by atoms with Crippen molar-refractivity contribution in [2.45, 2.75) is 44.6 Å². The molecule has 3 aromatic carbocycles. The summed E-state index contributed by atoms with van der Waals surface area (Å²) in [6, 6.07) is 17.7. The van der Waals surface area contributed by atoms with Crippen LogP contribution in [0.1, 0.15) is 36.0 Å². The molecule has 0 bridgehead atoms. The van der Waals surface area contributed by atoms with Gasteiger partial charge in [-0.15, -0.1) is 0 Å². The van der Waals surface area contributed by atoms with Crippen molar-refractivity contribution in [2.24, 2.45) is 5.73 Å². The number of aromatic hydroxyl groups is 3. The second-order valence-corrected chi connectivity index (χ2v) is 8.59. The van der Waals surface area contributed by atoms with Gasteiger partial charge < -0.3 is 29.9 Å². The highest BCUT2D eigenvalue weighted by atomic mass is 16.5. The van der Waals surface area contributed by atoms with Crippen molar-refractivity contribution in [2.75, 3.05) is 13.3 Å². The molecule has 0 unspecified atom stereocenters. The zero-order valence-electron chi connectivity index (χ0n) is 20.1. The van der Waals surface area contributed by atoms with Gasteiger partial charge >= 0.3 is 0 Å². The molecule has 0 aliphatic rings. The standard InChI is InChI=1S/C28H33NO7/c29-18-36-26-15-20(8-11-24(26)32)6-9-22(30)17-23(31)10-7-21-14-25(33)28(34)27(16-21)35-13-12-19-4-2-1-3-5-19/h1-5,8,11,14-16,23,31-34H,6-7,9-10,12-13,17-18,29H2/t23-/m1/s1. The van der Waals surface area contributed by atoms with E-state index in [0.29, 0.717) is 37.9 Å². The van der Waals surface area contributed by atoms with E-state index in [0.717, 1.165) is 11.1 Å². The minimum Gasteiger partial charge on any atom is -0.504 e. The maximum Gasteiger partial charge on any atom is 0.200 e. The summed E-state index contributed by atoms with van der Waals surface area (Å²) in [5.41, 5.74) is 7.94. The number of benzene rings is 3. The number of aliphatic hydroxyl groups excluding tert-OH is 1. The molecule has 8 nitrogen and oxygen atoms in total. The van der Waals surface area contributed by atoms with E-state index in [1.807, 2.05) is 30.3 Å². The summed E-state index contributed by atoms with van der Waals surface area (Å²) in [6.07, 6.45) is 1.21. The lowest BCUT2D eigenvalue weighted by Gasteiger charge is -2.13. The molecule has 3 rings (SSSR count). The van der Waals surface area contributed by atoms with Crippen LogP contribution in [-0.2, 0) is 24.1 Å². The van der Waals surface area contributed by atoms with Crippen LogP contribution >= 0.6 is 0 Å². The topological polar surface area (TPSA) is 142 Å². The fourth-order valence-corrected chi connectivity index (χ4v) is 3.83. The molecule has 1 atom stereocenters. The molecule has 0 aromatic heterocycles. The Hall–Kier alpha value is -3.75. The summed E-state index contributed by atoms with van der Waals surface area (Å²) in [5, 5.41) is 40.3. The number of carbonyl (C=O) groups excluding carboxylic acids is 1. The number of carbonyl (C=O) groups is 1. The molecule has 0 spiro atoms. The van der Waals surface area contributed by atoms with Gasteiger partial charge in [0.1, 0.15) is 12.5 Å². The number of Topliss-reactive ketones (excluding diaryl/α,β-unsaturated/α-hetero) is 1. The molecule has 36 heavy (non-hydrogen) atoms. The number of hydrogen-bond acceptors (Lipinski definition) is 8. The predicted octanol–water partition coefficient (Wildman–Crippen LogP) is 3.61. The summed E-state index contributed by atoms with van der Waals surface area (Å²) in [4.78, 5) is 12.4. The molecular weight excluding hydrogens is 462 g/mol. The zero-order chi connectivity index (χ0) is 25.9. The van der Waals surface area contributed by atoms with Crippen LogP contribution in [0.3, 0.4) is 0 Å². The average Bonchev–Trinajstić information content (AvgIpc) is 2.86. The number of phenols is 3. The maximum absolute atomic E-state index is 12.4. The number of hydrogen-bond donors (Lipinski definition) is 5. The first-order chi connectivity index (χ1) is 17.4. The number of rotatable bonds is 14. The lowest BCUT2D eigenvalue weighted by atomic mass is 9.99. The van der Waals surface area contributed by atoms with E-state index in [2.05, 4.69) is 0 Å². The maximum atomic E-state index is 12.4. The molecule has 0 aliphatic heterocycles. The third kappa shape index (κ3) is 8.18. The molecule has 0 radical (unpaired) electrons. The van der Waals surface area contributed by atoms with E-state index in [4.69, 9.17) is 15.2 Å². The van der Waals surface area contributed by atoms with Gasteiger partial charge in [0.05, 0.1) is 12.7 Å². The Morgan fingerprint density at radius 1 is 0.806 bits per heavy atom. The van der Waals surface area contributed by atoms with Gasteiger partial charge in [0.2, 0.25) is 5.75 Å². The van der Waals surface area contributed by atoms with Crippen molar-refractivity contribution in [1.82, 2.24) is 0 Å². The van der Waals surface area contributed by atoms with Crippen LogP contribution in [0.15, 0.2) is 60.7 Å². The Morgan fingerprint density at radius 3 is 2.31 bits per heavy atom. The van der Waals surface area contributed by atoms with Gasteiger partial charge in [-0.3, -0.25) is 10.5 Å². The van der Waals surface area contributed by atoms with Crippen molar-refractivity contribution in [1.29, 1.82) is 0 Å². The van der Waals surface area contributed by atoms with E-state index >= 15 is 0 Å². The Balaban J connectivity index is 1.46. The molecule has 0 aliphatic carbocycles.